The van der Waals surface area contributed by atoms with Crippen molar-refractivity contribution in [3.05, 3.63) is 26.6 Å². The molecule has 0 saturated heterocycles. The van der Waals surface area contributed by atoms with Crippen molar-refractivity contribution in [3.63, 3.8) is 0 Å². The Morgan fingerprint density at radius 1 is 1.31 bits per heavy atom. The third-order valence-electron chi connectivity index (χ3n) is 2.14. The highest BCUT2D eigenvalue weighted by atomic mass is 79.9. The van der Waals surface area contributed by atoms with Crippen molar-refractivity contribution in [2.75, 3.05) is 6.61 Å². The first-order valence-corrected chi connectivity index (χ1v) is 5.65. The van der Waals surface area contributed by atoms with E-state index < -0.39 is 0 Å². The summed E-state index contributed by atoms with van der Waals surface area (Å²) in [7, 11) is 0. The second kappa shape index (κ2) is 3.59. The third kappa shape index (κ3) is 1.63. The predicted octanol–water partition coefficient (Wildman–Crippen LogP) is 2.99. The van der Waals surface area contributed by atoms with E-state index in [9.17, 15) is 0 Å². The van der Waals surface area contributed by atoms with Crippen LogP contribution in [0.5, 0.6) is 5.75 Å². The molecule has 0 fully saturated rings. The summed E-state index contributed by atoms with van der Waals surface area (Å²) in [6, 6.07) is 4.02. The van der Waals surface area contributed by atoms with E-state index in [4.69, 9.17) is 10.5 Å². The number of rotatable bonds is 0. The molecule has 1 aromatic carbocycles. The van der Waals surface area contributed by atoms with Gasteiger partial charge in [0, 0.05) is 22.5 Å². The van der Waals surface area contributed by atoms with Crippen LogP contribution in [0.25, 0.3) is 0 Å². The van der Waals surface area contributed by atoms with Crippen LogP contribution in [0, 0.1) is 0 Å². The maximum atomic E-state index is 5.99. The summed E-state index contributed by atoms with van der Waals surface area (Å²) in [5.41, 5.74) is 7.06. The van der Waals surface area contributed by atoms with Gasteiger partial charge in [0.1, 0.15) is 5.75 Å². The summed E-state index contributed by atoms with van der Waals surface area (Å²) >= 11 is 6.92. The van der Waals surface area contributed by atoms with Crippen molar-refractivity contribution in [3.8, 4) is 5.75 Å². The maximum Gasteiger partial charge on any atom is 0.139 e. The minimum atomic E-state index is 0.0793. The number of ether oxygens (including phenoxy) is 1. The van der Waals surface area contributed by atoms with Gasteiger partial charge in [-0.05, 0) is 28.1 Å². The number of hydrogen-bond donors (Lipinski definition) is 1. The summed E-state index contributed by atoms with van der Waals surface area (Å²) in [6.07, 6.45) is 0.877. The van der Waals surface area contributed by atoms with E-state index in [1.54, 1.807) is 0 Å². The molecule has 2 rings (SSSR count). The second-order valence-corrected chi connectivity index (χ2v) is 4.72. The molecule has 1 unspecified atom stereocenters. The fraction of sp³-hybridized carbons (Fsp3) is 0.333. The molecular formula is C9H9Br2NO. The third-order valence-corrected chi connectivity index (χ3v) is 3.46. The lowest BCUT2D eigenvalue weighted by Gasteiger charge is -2.24. The Hall–Kier alpha value is -0.0600. The van der Waals surface area contributed by atoms with Gasteiger partial charge in [0.2, 0.25) is 0 Å². The van der Waals surface area contributed by atoms with E-state index in [0.29, 0.717) is 6.61 Å². The van der Waals surface area contributed by atoms with Gasteiger partial charge in [0.25, 0.3) is 0 Å². The summed E-state index contributed by atoms with van der Waals surface area (Å²) in [5.74, 6) is 0.883. The molecular weight excluding hydrogens is 298 g/mol. The lowest BCUT2D eigenvalue weighted by Crippen LogP contribution is -2.21. The van der Waals surface area contributed by atoms with Gasteiger partial charge in [-0.3, -0.25) is 0 Å². The zero-order valence-corrected chi connectivity index (χ0v) is 10.1. The van der Waals surface area contributed by atoms with Crippen LogP contribution in [0.1, 0.15) is 18.0 Å². The Kier molecular flexibility index (Phi) is 2.62. The van der Waals surface area contributed by atoms with Crippen LogP contribution in [-0.2, 0) is 0 Å². The monoisotopic (exact) mass is 305 g/mol. The minimum Gasteiger partial charge on any atom is -0.492 e. The number of fused-ring (bicyclic) bond motifs is 1. The number of nitrogens with two attached hydrogens (primary N) is 1. The standard InChI is InChI=1S/C9H9Br2NO/c10-5-1-2-6(11)9-8(5)7(12)3-4-13-9/h1-2,7H,3-4,12H2. The van der Waals surface area contributed by atoms with Crippen molar-refractivity contribution in [1.29, 1.82) is 0 Å². The first kappa shape index (κ1) is 9.49. The van der Waals surface area contributed by atoms with Gasteiger partial charge in [0.15, 0.2) is 0 Å². The molecule has 0 radical (unpaired) electrons. The molecule has 2 nitrogen and oxygen atoms in total. The Morgan fingerprint density at radius 2 is 2.00 bits per heavy atom. The van der Waals surface area contributed by atoms with Gasteiger partial charge in [-0.15, -0.1) is 0 Å². The van der Waals surface area contributed by atoms with E-state index in [2.05, 4.69) is 31.9 Å². The van der Waals surface area contributed by atoms with Gasteiger partial charge in [-0.25, -0.2) is 0 Å². The number of hydrogen-bond acceptors (Lipinski definition) is 2. The average Bonchev–Trinajstić information content (AvgIpc) is 2.12. The van der Waals surface area contributed by atoms with E-state index in [-0.39, 0.29) is 6.04 Å². The molecule has 0 bridgehead atoms. The molecule has 1 heterocycles. The highest BCUT2D eigenvalue weighted by molar-refractivity contribution is 9.11. The molecule has 13 heavy (non-hydrogen) atoms. The molecule has 1 aliphatic heterocycles. The smallest absolute Gasteiger partial charge is 0.139 e. The highest BCUT2D eigenvalue weighted by Gasteiger charge is 2.22. The summed E-state index contributed by atoms with van der Waals surface area (Å²) in [5, 5.41) is 0. The first-order valence-electron chi connectivity index (χ1n) is 4.06. The molecule has 0 aromatic heterocycles. The maximum absolute atomic E-state index is 5.99. The Bertz CT molecular complexity index is 341. The van der Waals surface area contributed by atoms with Crippen LogP contribution in [0.3, 0.4) is 0 Å². The molecule has 1 aromatic rings. The summed E-state index contributed by atoms with van der Waals surface area (Å²) in [6.45, 7) is 0.698. The van der Waals surface area contributed by atoms with Crippen molar-refractivity contribution >= 4 is 31.9 Å². The Labute approximate surface area is 93.7 Å². The van der Waals surface area contributed by atoms with Gasteiger partial charge < -0.3 is 10.5 Å². The fourth-order valence-corrected chi connectivity index (χ4v) is 2.54. The van der Waals surface area contributed by atoms with Gasteiger partial charge >= 0.3 is 0 Å². The lowest BCUT2D eigenvalue weighted by atomic mass is 10.0. The van der Waals surface area contributed by atoms with Crippen molar-refractivity contribution < 1.29 is 4.74 Å². The molecule has 4 heteroatoms. The molecule has 1 aliphatic rings. The van der Waals surface area contributed by atoms with Crippen LogP contribution in [0.15, 0.2) is 21.1 Å². The van der Waals surface area contributed by atoms with Crippen LogP contribution < -0.4 is 10.5 Å². The van der Waals surface area contributed by atoms with E-state index in [0.717, 1.165) is 26.7 Å². The number of halogens is 2. The van der Waals surface area contributed by atoms with Crippen LogP contribution in [-0.4, -0.2) is 6.61 Å². The highest BCUT2D eigenvalue weighted by Crippen LogP contribution is 2.41. The van der Waals surface area contributed by atoms with Crippen molar-refractivity contribution in [2.45, 2.75) is 12.5 Å². The van der Waals surface area contributed by atoms with E-state index >= 15 is 0 Å². The molecule has 70 valence electrons. The van der Waals surface area contributed by atoms with E-state index in [1.165, 1.54) is 0 Å². The quantitative estimate of drug-likeness (QED) is 0.800. The van der Waals surface area contributed by atoms with Crippen molar-refractivity contribution in [1.82, 2.24) is 0 Å². The summed E-state index contributed by atoms with van der Waals surface area (Å²) in [4.78, 5) is 0. The van der Waals surface area contributed by atoms with Crippen molar-refractivity contribution in [2.24, 2.45) is 5.73 Å². The SMILES string of the molecule is NC1CCOc2c(Br)ccc(Br)c21. The van der Waals surface area contributed by atoms with Crippen LogP contribution in [0.2, 0.25) is 0 Å². The second-order valence-electron chi connectivity index (χ2n) is 3.02. The minimum absolute atomic E-state index is 0.0793. The number of benzene rings is 1. The molecule has 0 amide bonds. The Balaban J connectivity index is 2.60. The zero-order valence-electron chi connectivity index (χ0n) is 6.89. The topological polar surface area (TPSA) is 35.2 Å². The average molecular weight is 307 g/mol. The molecule has 2 N–H and O–H groups in total. The predicted molar refractivity (Wildman–Crippen MR) is 58.9 cm³/mol. The zero-order chi connectivity index (χ0) is 9.42. The first-order chi connectivity index (χ1) is 6.20. The van der Waals surface area contributed by atoms with Gasteiger partial charge in [-0.1, -0.05) is 15.9 Å². The molecule has 0 saturated carbocycles. The largest absolute Gasteiger partial charge is 0.492 e. The van der Waals surface area contributed by atoms with E-state index in [1.807, 2.05) is 12.1 Å². The molecule has 1 atom stereocenters. The Morgan fingerprint density at radius 3 is 2.69 bits per heavy atom. The van der Waals surface area contributed by atoms with Crippen LogP contribution in [0.4, 0.5) is 0 Å². The molecule has 0 aliphatic carbocycles. The lowest BCUT2D eigenvalue weighted by molar-refractivity contribution is 0.266. The van der Waals surface area contributed by atoms with Crippen LogP contribution >= 0.6 is 31.9 Å². The summed E-state index contributed by atoms with van der Waals surface area (Å²) < 4.78 is 7.55. The van der Waals surface area contributed by atoms with Gasteiger partial charge in [-0.2, -0.15) is 0 Å². The normalized spacial score (nSPS) is 20.7. The van der Waals surface area contributed by atoms with Gasteiger partial charge in [0.05, 0.1) is 11.1 Å². The fourth-order valence-electron chi connectivity index (χ4n) is 1.47. The molecule has 0 spiro atoms.